The molecule has 0 aliphatic rings. The first-order chi connectivity index (χ1) is 10.2. The Labute approximate surface area is 133 Å². The first-order valence-corrected chi connectivity index (χ1v) is 8.48. The average molecular weight is 296 g/mol. The molecule has 0 N–H and O–H groups in total. The smallest absolute Gasteiger partial charge is 0.00748 e. The molecule has 0 aliphatic carbocycles. The molecular weight excluding hydrogens is 272 g/mol. The van der Waals surface area contributed by atoms with Crippen molar-refractivity contribution in [2.45, 2.75) is 42.8 Å². The molecule has 1 heteroatoms. The minimum Gasteiger partial charge on any atom is -0.123 e. The van der Waals surface area contributed by atoms with Crippen LogP contribution in [0.5, 0.6) is 0 Å². The molecule has 2 unspecified atom stereocenters. The van der Waals surface area contributed by atoms with E-state index in [1.54, 1.807) is 0 Å². The van der Waals surface area contributed by atoms with Crippen LogP contribution in [0.3, 0.4) is 0 Å². The fourth-order valence-corrected chi connectivity index (χ4v) is 3.45. The number of hydrogen-bond donors (Lipinski definition) is 0. The molecule has 0 saturated carbocycles. The summed E-state index contributed by atoms with van der Waals surface area (Å²) in [6.07, 6.45) is 4.44. The SMILES string of the molecule is C=CC(CCC(C)Sc1ccc(C)cc1)c1ccccc1. The molecule has 0 aliphatic heterocycles. The zero-order valence-electron chi connectivity index (χ0n) is 13.0. The molecule has 0 heterocycles. The summed E-state index contributed by atoms with van der Waals surface area (Å²) in [5.74, 6) is 0.465. The van der Waals surface area contributed by atoms with Gasteiger partial charge in [0.15, 0.2) is 0 Å². The van der Waals surface area contributed by atoms with Crippen molar-refractivity contribution in [3.05, 3.63) is 78.4 Å². The molecule has 2 atom stereocenters. The predicted octanol–water partition coefficient (Wildman–Crippen LogP) is 6.23. The fourth-order valence-electron chi connectivity index (χ4n) is 2.44. The van der Waals surface area contributed by atoms with Gasteiger partial charge in [-0.1, -0.05) is 61.0 Å². The standard InChI is InChI=1S/C20H24S/c1-4-18(19-8-6-5-7-9-19)13-12-17(3)21-20-14-10-16(2)11-15-20/h4-11,14-15,17-18H,1,12-13H2,2-3H3. The summed E-state index contributed by atoms with van der Waals surface area (Å²) >= 11 is 1.97. The average Bonchev–Trinajstić information content (AvgIpc) is 2.51. The number of thioether (sulfide) groups is 1. The quantitative estimate of drug-likeness (QED) is 0.431. The van der Waals surface area contributed by atoms with Crippen molar-refractivity contribution in [3.63, 3.8) is 0 Å². The second kappa shape index (κ2) is 8.09. The van der Waals surface area contributed by atoms with Gasteiger partial charge in [-0.2, -0.15) is 0 Å². The highest BCUT2D eigenvalue weighted by molar-refractivity contribution is 7.99. The molecule has 110 valence electrons. The van der Waals surface area contributed by atoms with Crippen molar-refractivity contribution in [2.24, 2.45) is 0 Å². The molecule has 0 spiro atoms. The Morgan fingerprint density at radius 1 is 1.00 bits per heavy atom. The maximum Gasteiger partial charge on any atom is 0.00748 e. The van der Waals surface area contributed by atoms with Crippen LogP contribution in [0.1, 0.15) is 36.8 Å². The third kappa shape index (κ3) is 5.09. The second-order valence-electron chi connectivity index (χ2n) is 5.57. The van der Waals surface area contributed by atoms with Gasteiger partial charge < -0.3 is 0 Å². The number of hydrogen-bond acceptors (Lipinski definition) is 1. The molecule has 0 amide bonds. The third-order valence-corrected chi connectivity index (χ3v) is 4.94. The molecule has 2 rings (SSSR count). The largest absolute Gasteiger partial charge is 0.123 e. The normalized spacial score (nSPS) is 13.6. The van der Waals surface area contributed by atoms with Crippen LogP contribution in [0.2, 0.25) is 0 Å². The first-order valence-electron chi connectivity index (χ1n) is 7.60. The molecular formula is C20H24S. The lowest BCUT2D eigenvalue weighted by Crippen LogP contribution is -2.01. The Kier molecular flexibility index (Phi) is 6.13. The lowest BCUT2D eigenvalue weighted by Gasteiger charge is -2.16. The molecule has 21 heavy (non-hydrogen) atoms. The van der Waals surface area contributed by atoms with E-state index in [0.717, 1.165) is 6.42 Å². The topological polar surface area (TPSA) is 0 Å². The van der Waals surface area contributed by atoms with Crippen molar-refractivity contribution < 1.29 is 0 Å². The van der Waals surface area contributed by atoms with Gasteiger partial charge in [0.2, 0.25) is 0 Å². The summed E-state index contributed by atoms with van der Waals surface area (Å²) in [4.78, 5) is 1.36. The molecule has 0 fully saturated rings. The maximum absolute atomic E-state index is 4.00. The van der Waals surface area contributed by atoms with Crippen molar-refractivity contribution in [2.75, 3.05) is 0 Å². The van der Waals surface area contributed by atoms with E-state index in [9.17, 15) is 0 Å². The van der Waals surface area contributed by atoms with Crippen molar-refractivity contribution in [1.82, 2.24) is 0 Å². The minimum absolute atomic E-state index is 0.465. The van der Waals surface area contributed by atoms with Crippen LogP contribution in [0.25, 0.3) is 0 Å². The van der Waals surface area contributed by atoms with E-state index in [0.29, 0.717) is 11.2 Å². The maximum atomic E-state index is 4.00. The van der Waals surface area contributed by atoms with Gasteiger partial charge in [-0.3, -0.25) is 0 Å². The zero-order valence-corrected chi connectivity index (χ0v) is 13.8. The summed E-state index contributed by atoms with van der Waals surface area (Å²) < 4.78 is 0. The van der Waals surface area contributed by atoms with Crippen LogP contribution < -0.4 is 0 Å². The van der Waals surface area contributed by atoms with E-state index < -0.39 is 0 Å². The van der Waals surface area contributed by atoms with Gasteiger partial charge in [0.05, 0.1) is 0 Å². The summed E-state index contributed by atoms with van der Waals surface area (Å²) in [6, 6.07) is 19.5. The van der Waals surface area contributed by atoms with E-state index in [2.05, 4.69) is 81.1 Å². The first kappa shape index (κ1) is 15.9. The summed E-state index contributed by atoms with van der Waals surface area (Å²) in [6.45, 7) is 8.45. The van der Waals surface area contributed by atoms with Gasteiger partial charge in [0, 0.05) is 16.1 Å². The molecule has 0 nitrogen and oxygen atoms in total. The third-order valence-electron chi connectivity index (χ3n) is 3.75. The Morgan fingerprint density at radius 3 is 2.29 bits per heavy atom. The summed E-state index contributed by atoms with van der Waals surface area (Å²) in [7, 11) is 0. The van der Waals surface area contributed by atoms with Gasteiger partial charge in [0.1, 0.15) is 0 Å². The van der Waals surface area contributed by atoms with Gasteiger partial charge in [0.25, 0.3) is 0 Å². The number of rotatable bonds is 7. The van der Waals surface area contributed by atoms with Crippen LogP contribution in [0, 0.1) is 6.92 Å². The Bertz CT molecular complexity index is 542. The van der Waals surface area contributed by atoms with Crippen LogP contribution in [-0.4, -0.2) is 5.25 Å². The van der Waals surface area contributed by atoms with E-state index in [4.69, 9.17) is 0 Å². The Balaban J connectivity index is 1.86. The van der Waals surface area contributed by atoms with Gasteiger partial charge in [-0.15, -0.1) is 18.3 Å². The highest BCUT2D eigenvalue weighted by Crippen LogP contribution is 2.30. The summed E-state index contributed by atoms with van der Waals surface area (Å²) in [5, 5.41) is 0.624. The number of aryl methyl sites for hydroxylation is 1. The highest BCUT2D eigenvalue weighted by Gasteiger charge is 2.10. The van der Waals surface area contributed by atoms with E-state index >= 15 is 0 Å². The van der Waals surface area contributed by atoms with Crippen molar-refractivity contribution in [3.8, 4) is 0 Å². The summed E-state index contributed by atoms with van der Waals surface area (Å²) in [5.41, 5.74) is 2.70. The van der Waals surface area contributed by atoms with Crippen LogP contribution >= 0.6 is 11.8 Å². The van der Waals surface area contributed by atoms with E-state index in [-0.39, 0.29) is 0 Å². The molecule has 0 saturated heterocycles. The van der Waals surface area contributed by atoms with Gasteiger partial charge in [-0.25, -0.2) is 0 Å². The Morgan fingerprint density at radius 2 is 1.67 bits per heavy atom. The van der Waals surface area contributed by atoms with Gasteiger partial charge >= 0.3 is 0 Å². The van der Waals surface area contributed by atoms with Crippen LogP contribution in [0.15, 0.2) is 72.1 Å². The lowest BCUT2D eigenvalue weighted by atomic mass is 9.94. The lowest BCUT2D eigenvalue weighted by molar-refractivity contribution is 0.673. The van der Waals surface area contributed by atoms with Crippen molar-refractivity contribution >= 4 is 11.8 Å². The monoisotopic (exact) mass is 296 g/mol. The zero-order chi connectivity index (χ0) is 15.1. The fraction of sp³-hybridized carbons (Fsp3) is 0.300. The van der Waals surface area contributed by atoms with Crippen molar-refractivity contribution in [1.29, 1.82) is 0 Å². The molecule has 0 aromatic heterocycles. The van der Waals surface area contributed by atoms with Gasteiger partial charge in [-0.05, 0) is 37.5 Å². The van der Waals surface area contributed by atoms with Crippen LogP contribution in [-0.2, 0) is 0 Å². The molecule has 2 aromatic rings. The number of benzene rings is 2. The Hall–Kier alpha value is -1.47. The van der Waals surface area contributed by atoms with Crippen LogP contribution in [0.4, 0.5) is 0 Å². The molecule has 0 radical (unpaired) electrons. The number of allylic oxidation sites excluding steroid dienone is 1. The second-order valence-corrected chi connectivity index (χ2v) is 7.08. The minimum atomic E-state index is 0.465. The van der Waals surface area contributed by atoms with E-state index in [1.165, 1.54) is 22.4 Å². The molecule has 2 aromatic carbocycles. The van der Waals surface area contributed by atoms with E-state index in [1.807, 2.05) is 11.8 Å². The predicted molar refractivity (Wildman–Crippen MR) is 95.1 cm³/mol. The highest BCUT2D eigenvalue weighted by atomic mass is 32.2. The molecule has 0 bridgehead atoms.